The van der Waals surface area contributed by atoms with Crippen molar-refractivity contribution in [1.82, 2.24) is 4.90 Å². The Balaban J connectivity index is 0.000000852. The molecule has 2 rings (SSSR count). The second kappa shape index (κ2) is 16.8. The Labute approximate surface area is 212 Å². The molecule has 0 amide bonds. The van der Waals surface area contributed by atoms with Gasteiger partial charge in [0.15, 0.2) is 0 Å². The van der Waals surface area contributed by atoms with E-state index in [1.807, 2.05) is 6.07 Å². The van der Waals surface area contributed by atoms with E-state index in [0.717, 1.165) is 31.7 Å². The van der Waals surface area contributed by atoms with Gasteiger partial charge in [0.05, 0.1) is 29.4 Å². The van der Waals surface area contributed by atoms with E-state index in [1.165, 1.54) is 31.4 Å². The van der Waals surface area contributed by atoms with Crippen molar-refractivity contribution in [3.05, 3.63) is 39.9 Å². The van der Waals surface area contributed by atoms with Crippen LogP contribution < -0.4 is 4.74 Å². The molecule has 2 atom stereocenters. The van der Waals surface area contributed by atoms with E-state index < -0.39 is 11.9 Å². The maximum absolute atomic E-state index is 9.10. The van der Waals surface area contributed by atoms with E-state index in [1.54, 1.807) is 12.1 Å². The highest BCUT2D eigenvalue weighted by Gasteiger charge is 2.29. The standard InChI is InChI=1S/C23H35Cl2NO2.C2H2O4/c1-4-5-6-12-26-13-9-19(23(17-26)28-14-10-18(2)3)11-15-27-20-7-8-21(24)22(25)16-20;3-1(4)2(5)6/h7-8,10,16,19,23H,4-6,9,11-15,17H2,1-3H3;(H,3,4)(H,5,6)/t19-,23+;/m1./s1. The predicted octanol–water partition coefficient (Wildman–Crippen LogP) is 5.78. The van der Waals surface area contributed by atoms with Crippen LogP contribution in [0.2, 0.25) is 10.0 Å². The van der Waals surface area contributed by atoms with Crippen LogP contribution >= 0.6 is 23.2 Å². The number of piperidine rings is 1. The zero-order chi connectivity index (χ0) is 25.5. The molecule has 0 aromatic heterocycles. The van der Waals surface area contributed by atoms with Gasteiger partial charge in [0, 0.05) is 12.6 Å². The highest BCUT2D eigenvalue weighted by molar-refractivity contribution is 6.42. The maximum atomic E-state index is 9.10. The minimum Gasteiger partial charge on any atom is -0.494 e. The third-order valence-electron chi connectivity index (χ3n) is 5.49. The van der Waals surface area contributed by atoms with E-state index in [0.29, 0.717) is 29.2 Å². The number of ether oxygens (including phenoxy) is 2. The van der Waals surface area contributed by atoms with Gasteiger partial charge < -0.3 is 24.6 Å². The topological polar surface area (TPSA) is 96.3 Å². The van der Waals surface area contributed by atoms with E-state index in [2.05, 4.69) is 31.7 Å². The Hall–Kier alpha value is -1.80. The predicted molar refractivity (Wildman–Crippen MR) is 135 cm³/mol. The first kappa shape index (κ1) is 30.2. The number of likely N-dealkylation sites (tertiary alicyclic amines) is 1. The van der Waals surface area contributed by atoms with Gasteiger partial charge >= 0.3 is 11.9 Å². The SMILES string of the molecule is CCCCCN1CC[C@H](CCOc2ccc(Cl)c(Cl)c2)[C@@H](OCC=C(C)C)C1.O=C(O)C(=O)O. The minimum absolute atomic E-state index is 0.267. The highest BCUT2D eigenvalue weighted by atomic mass is 35.5. The summed E-state index contributed by atoms with van der Waals surface area (Å²) in [5.41, 5.74) is 1.30. The first-order chi connectivity index (χ1) is 16.1. The summed E-state index contributed by atoms with van der Waals surface area (Å²) in [5, 5.41) is 15.9. The molecule has 2 N–H and O–H groups in total. The number of rotatable bonds is 11. The first-order valence-electron chi connectivity index (χ1n) is 11.6. The number of nitrogens with zero attached hydrogens (tertiary/aromatic N) is 1. The third-order valence-corrected chi connectivity index (χ3v) is 6.23. The summed E-state index contributed by atoms with van der Waals surface area (Å²) in [7, 11) is 0. The molecule has 1 saturated heterocycles. The second-order valence-corrected chi connectivity index (χ2v) is 9.35. The zero-order valence-electron chi connectivity index (χ0n) is 20.3. The highest BCUT2D eigenvalue weighted by Crippen LogP contribution is 2.28. The van der Waals surface area contributed by atoms with Gasteiger partial charge in [-0.15, -0.1) is 0 Å². The Morgan fingerprint density at radius 3 is 2.44 bits per heavy atom. The molecule has 192 valence electrons. The smallest absolute Gasteiger partial charge is 0.414 e. The molecule has 0 bridgehead atoms. The molecule has 34 heavy (non-hydrogen) atoms. The van der Waals surface area contributed by atoms with Crippen LogP contribution in [0.15, 0.2) is 29.8 Å². The van der Waals surface area contributed by atoms with Gasteiger partial charge in [-0.1, -0.05) is 54.6 Å². The van der Waals surface area contributed by atoms with Gasteiger partial charge in [-0.3, -0.25) is 0 Å². The molecule has 0 spiro atoms. The Kier molecular flexibility index (Phi) is 14.9. The van der Waals surface area contributed by atoms with Crippen molar-refractivity contribution in [2.45, 2.75) is 59.0 Å². The third kappa shape index (κ3) is 12.6. The Morgan fingerprint density at radius 2 is 1.85 bits per heavy atom. The van der Waals surface area contributed by atoms with E-state index in [-0.39, 0.29) is 6.10 Å². The molecule has 0 saturated carbocycles. The molecular formula is C25H37Cl2NO6. The molecule has 0 unspecified atom stereocenters. The molecule has 1 aliphatic heterocycles. The number of halogens is 2. The van der Waals surface area contributed by atoms with Crippen molar-refractivity contribution >= 4 is 35.1 Å². The van der Waals surface area contributed by atoms with Crippen molar-refractivity contribution in [1.29, 1.82) is 0 Å². The van der Waals surface area contributed by atoms with E-state index in [9.17, 15) is 0 Å². The van der Waals surface area contributed by atoms with Crippen molar-refractivity contribution in [2.24, 2.45) is 5.92 Å². The van der Waals surface area contributed by atoms with Crippen LogP contribution in [0.25, 0.3) is 0 Å². The second-order valence-electron chi connectivity index (χ2n) is 8.53. The lowest BCUT2D eigenvalue weighted by Crippen LogP contribution is -2.46. The van der Waals surface area contributed by atoms with Gasteiger partial charge in [-0.2, -0.15) is 0 Å². The normalized spacial score (nSPS) is 17.9. The number of aliphatic carboxylic acids is 2. The summed E-state index contributed by atoms with van der Waals surface area (Å²) in [4.78, 5) is 20.8. The number of benzene rings is 1. The maximum Gasteiger partial charge on any atom is 0.414 e. The molecule has 1 heterocycles. The average molecular weight is 518 g/mol. The van der Waals surface area contributed by atoms with Crippen LogP contribution in [0.4, 0.5) is 0 Å². The number of hydrogen-bond acceptors (Lipinski definition) is 5. The van der Waals surface area contributed by atoms with E-state index in [4.69, 9.17) is 52.5 Å². The molecule has 1 fully saturated rings. The minimum atomic E-state index is -1.82. The van der Waals surface area contributed by atoms with Gasteiger partial charge in [0.2, 0.25) is 0 Å². The van der Waals surface area contributed by atoms with Crippen molar-refractivity contribution < 1.29 is 29.3 Å². The number of allylic oxidation sites excluding steroid dienone is 1. The number of carboxylic acids is 2. The average Bonchev–Trinajstić information content (AvgIpc) is 2.78. The fourth-order valence-electron chi connectivity index (χ4n) is 3.57. The summed E-state index contributed by atoms with van der Waals surface area (Å²) < 4.78 is 12.2. The monoisotopic (exact) mass is 517 g/mol. The lowest BCUT2D eigenvalue weighted by atomic mass is 9.90. The lowest BCUT2D eigenvalue weighted by Gasteiger charge is -2.38. The van der Waals surface area contributed by atoms with Crippen molar-refractivity contribution in [3.8, 4) is 5.75 Å². The van der Waals surface area contributed by atoms with Crippen LogP contribution in [-0.2, 0) is 14.3 Å². The fraction of sp³-hybridized carbons (Fsp3) is 0.600. The van der Waals surface area contributed by atoms with Crippen LogP contribution in [0, 0.1) is 5.92 Å². The first-order valence-corrected chi connectivity index (χ1v) is 12.4. The van der Waals surface area contributed by atoms with Crippen molar-refractivity contribution in [3.63, 3.8) is 0 Å². The molecule has 9 heteroatoms. The quantitative estimate of drug-likeness (QED) is 0.218. The molecule has 1 aliphatic rings. The lowest BCUT2D eigenvalue weighted by molar-refractivity contribution is -0.159. The molecular weight excluding hydrogens is 481 g/mol. The summed E-state index contributed by atoms with van der Waals surface area (Å²) >= 11 is 12.0. The van der Waals surface area contributed by atoms with Crippen LogP contribution in [0.5, 0.6) is 5.75 Å². The summed E-state index contributed by atoms with van der Waals surface area (Å²) in [6, 6.07) is 5.43. The number of carbonyl (C=O) groups is 2. The van der Waals surface area contributed by atoms with Crippen LogP contribution in [-0.4, -0.2) is 66.0 Å². The Bertz CT molecular complexity index is 786. The molecule has 7 nitrogen and oxygen atoms in total. The van der Waals surface area contributed by atoms with Gasteiger partial charge in [-0.05, 0) is 64.3 Å². The van der Waals surface area contributed by atoms with Crippen molar-refractivity contribution in [2.75, 3.05) is 32.8 Å². The van der Waals surface area contributed by atoms with E-state index >= 15 is 0 Å². The Morgan fingerprint density at radius 1 is 1.15 bits per heavy atom. The van der Waals surface area contributed by atoms with Gasteiger partial charge in [-0.25, -0.2) is 9.59 Å². The fourth-order valence-corrected chi connectivity index (χ4v) is 3.86. The summed E-state index contributed by atoms with van der Waals surface area (Å²) in [6.07, 6.45) is 8.44. The molecule has 1 aromatic carbocycles. The largest absolute Gasteiger partial charge is 0.494 e. The number of unbranched alkanes of at least 4 members (excludes halogenated alkanes) is 2. The van der Waals surface area contributed by atoms with Gasteiger partial charge in [0.1, 0.15) is 5.75 Å². The van der Waals surface area contributed by atoms with Crippen LogP contribution in [0.1, 0.15) is 52.9 Å². The molecule has 1 aromatic rings. The summed E-state index contributed by atoms with van der Waals surface area (Å²) in [6.45, 7) is 11.2. The molecule has 0 radical (unpaired) electrons. The van der Waals surface area contributed by atoms with Crippen LogP contribution in [0.3, 0.4) is 0 Å². The number of hydrogen-bond donors (Lipinski definition) is 2. The van der Waals surface area contributed by atoms with Gasteiger partial charge in [0.25, 0.3) is 0 Å². The number of carboxylic acid groups (broad SMARTS) is 2. The summed E-state index contributed by atoms with van der Waals surface area (Å²) in [5.74, 6) is -2.35. The molecule has 0 aliphatic carbocycles. The zero-order valence-corrected chi connectivity index (χ0v) is 21.8.